The molecule has 0 amide bonds. The van der Waals surface area contributed by atoms with E-state index in [2.05, 4.69) is 0 Å². The molecule has 0 saturated carbocycles. The summed E-state index contributed by atoms with van der Waals surface area (Å²) in [5.41, 5.74) is 0. The summed E-state index contributed by atoms with van der Waals surface area (Å²) in [4.78, 5) is 0. The fourth-order valence-corrected chi connectivity index (χ4v) is 6.71. The number of rotatable bonds is 13. The van der Waals surface area contributed by atoms with E-state index in [1.165, 1.54) is 0 Å². The second kappa shape index (κ2) is 19.6. The Bertz CT molecular complexity index is 1210. The van der Waals surface area contributed by atoms with Gasteiger partial charge >= 0.3 is 0 Å². The Balaban J connectivity index is 1.18. The maximum Gasteiger partial charge on any atom is 0.187 e. The molecular weight excluding hydrogens is 776 g/mol. The Hall–Kier alpha value is -1.04. The number of aliphatic hydroxyl groups is 17. The Kier molecular flexibility index (Phi) is 16.1. The Morgan fingerprint density at radius 2 is 0.625 bits per heavy atom. The summed E-state index contributed by atoms with van der Waals surface area (Å²) in [5, 5.41) is 174. The first-order valence-corrected chi connectivity index (χ1v) is 17.6. The van der Waals surface area contributed by atoms with Gasteiger partial charge in [0.25, 0.3) is 0 Å². The Labute approximate surface area is 316 Å². The highest BCUT2D eigenvalue weighted by Crippen LogP contribution is 2.32. The maximum absolute atomic E-state index is 11.0. The van der Waals surface area contributed by atoms with Crippen LogP contribution in [0.2, 0.25) is 0 Å². The number of hydrogen-bond acceptors (Lipinski definition) is 26. The monoisotopic (exact) mass is 828 g/mol. The summed E-state index contributed by atoms with van der Waals surface area (Å²) in [6.45, 7) is -3.86. The van der Waals surface area contributed by atoms with E-state index in [4.69, 9.17) is 42.6 Å². The second-order valence-corrected chi connectivity index (χ2v) is 14.1. The van der Waals surface area contributed by atoms with Crippen molar-refractivity contribution in [1.29, 1.82) is 0 Å². The molecule has 5 rings (SSSR count). The van der Waals surface area contributed by atoms with Crippen molar-refractivity contribution in [3.63, 3.8) is 0 Å². The first kappa shape index (κ1) is 46.0. The summed E-state index contributed by atoms with van der Waals surface area (Å²) < 4.78 is 48.6. The first-order valence-electron chi connectivity index (χ1n) is 17.6. The predicted octanol–water partition coefficient (Wildman–Crippen LogP) is -11.9. The van der Waals surface area contributed by atoms with Crippen LogP contribution in [0.15, 0.2) is 0 Å². The van der Waals surface area contributed by atoms with E-state index in [1.807, 2.05) is 0 Å². The minimum Gasteiger partial charge on any atom is -0.394 e. The normalized spacial score (nSPS) is 53.2. The highest BCUT2D eigenvalue weighted by atomic mass is 16.8. The molecule has 0 bridgehead atoms. The second-order valence-electron chi connectivity index (χ2n) is 14.1. The largest absolute Gasteiger partial charge is 0.394 e. The molecule has 5 saturated heterocycles. The first-order chi connectivity index (χ1) is 26.4. The van der Waals surface area contributed by atoms with Gasteiger partial charge < -0.3 is 129 Å². The summed E-state index contributed by atoms with van der Waals surface area (Å²) in [6.07, 6.45) is -44.6. The quantitative estimate of drug-likeness (QED) is 0.0819. The van der Waals surface area contributed by atoms with Crippen LogP contribution in [0.4, 0.5) is 0 Å². The van der Waals surface area contributed by atoms with Gasteiger partial charge in [0.2, 0.25) is 0 Å². The number of ether oxygens (including phenoxy) is 9. The van der Waals surface area contributed by atoms with Crippen molar-refractivity contribution >= 4 is 0 Å². The molecule has 5 aliphatic heterocycles. The fraction of sp³-hybridized carbons (Fsp3) is 1.00. The van der Waals surface area contributed by atoms with Crippen molar-refractivity contribution in [2.24, 2.45) is 0 Å². The molecule has 1 unspecified atom stereocenters. The lowest BCUT2D eigenvalue weighted by Crippen LogP contribution is -2.65. The molecule has 5 aliphatic rings. The summed E-state index contributed by atoms with van der Waals surface area (Å²) >= 11 is 0. The van der Waals surface area contributed by atoms with Gasteiger partial charge in [-0.05, 0) is 0 Å². The fourth-order valence-electron chi connectivity index (χ4n) is 6.71. The number of hydrogen-bond donors (Lipinski definition) is 17. The minimum absolute atomic E-state index is 0.672. The molecule has 0 aromatic carbocycles. The van der Waals surface area contributed by atoms with Crippen LogP contribution >= 0.6 is 0 Å². The molecule has 5 heterocycles. The minimum atomic E-state index is -1.97. The summed E-state index contributed by atoms with van der Waals surface area (Å²) in [6, 6.07) is 0. The number of aliphatic hydroxyl groups excluding tert-OH is 17. The van der Waals surface area contributed by atoms with Crippen LogP contribution in [-0.4, -0.2) is 273 Å². The molecule has 0 aromatic rings. The molecule has 0 spiro atoms. The maximum atomic E-state index is 11.0. The zero-order chi connectivity index (χ0) is 41.3. The third kappa shape index (κ3) is 9.61. The highest BCUT2D eigenvalue weighted by Gasteiger charge is 2.53. The SMILES string of the molecule is OC[C@H]1O[C@H](O[C@@H]2[C@@H](O)[C@@H](OC[C@H]3O[C@H](OC[C@H]4O[C@H](OC[C@H]5OC(O)[C@H](O)[C@@H](O)[C@@H]5O)[C@H](O)[C@@H](O)[C@@H]4O)[C@H](O)[C@@H](O)[C@@H]3O)O[C@H](CO)[C@H]2O)[C@H](O)[C@@H](O)[C@@H]1O. The van der Waals surface area contributed by atoms with Crippen LogP contribution in [-0.2, 0) is 42.6 Å². The zero-order valence-corrected chi connectivity index (χ0v) is 29.2. The Morgan fingerprint density at radius 3 is 1.07 bits per heavy atom. The van der Waals surface area contributed by atoms with E-state index in [-0.39, 0.29) is 0 Å². The third-order valence-electron chi connectivity index (χ3n) is 10.3. The Morgan fingerprint density at radius 1 is 0.304 bits per heavy atom. The van der Waals surface area contributed by atoms with Crippen LogP contribution in [0.1, 0.15) is 0 Å². The van der Waals surface area contributed by atoms with Gasteiger partial charge in [-0.2, -0.15) is 0 Å². The van der Waals surface area contributed by atoms with Crippen LogP contribution in [0.25, 0.3) is 0 Å². The van der Waals surface area contributed by atoms with Crippen molar-refractivity contribution in [3.8, 4) is 0 Å². The topological polar surface area (TPSA) is 427 Å². The van der Waals surface area contributed by atoms with Gasteiger partial charge in [-0.25, -0.2) is 0 Å². The van der Waals surface area contributed by atoms with E-state index in [1.54, 1.807) is 0 Å². The van der Waals surface area contributed by atoms with Crippen molar-refractivity contribution < 1.29 is 129 Å². The highest BCUT2D eigenvalue weighted by molar-refractivity contribution is 4.96. The van der Waals surface area contributed by atoms with Gasteiger partial charge in [-0.1, -0.05) is 0 Å². The van der Waals surface area contributed by atoms with Crippen molar-refractivity contribution in [3.05, 3.63) is 0 Å². The lowest BCUT2D eigenvalue weighted by Gasteiger charge is -2.46. The van der Waals surface area contributed by atoms with Gasteiger partial charge in [-0.15, -0.1) is 0 Å². The summed E-state index contributed by atoms with van der Waals surface area (Å²) in [7, 11) is 0. The zero-order valence-electron chi connectivity index (χ0n) is 29.2. The van der Waals surface area contributed by atoms with E-state index >= 15 is 0 Å². The lowest BCUT2D eigenvalue weighted by molar-refractivity contribution is -0.366. The van der Waals surface area contributed by atoms with Crippen LogP contribution in [0, 0.1) is 0 Å². The molecule has 0 aliphatic carbocycles. The third-order valence-corrected chi connectivity index (χ3v) is 10.3. The smallest absolute Gasteiger partial charge is 0.187 e. The van der Waals surface area contributed by atoms with Crippen LogP contribution < -0.4 is 0 Å². The van der Waals surface area contributed by atoms with Gasteiger partial charge in [0, 0.05) is 0 Å². The molecule has 328 valence electrons. The lowest BCUT2D eigenvalue weighted by atomic mass is 9.96. The average molecular weight is 829 g/mol. The van der Waals surface area contributed by atoms with E-state index < -0.39 is 187 Å². The molecule has 0 radical (unpaired) electrons. The van der Waals surface area contributed by atoms with E-state index in [0.717, 1.165) is 0 Å². The van der Waals surface area contributed by atoms with Gasteiger partial charge in [0.05, 0.1) is 33.0 Å². The van der Waals surface area contributed by atoms with Crippen molar-refractivity contribution in [1.82, 2.24) is 0 Å². The molecule has 26 heteroatoms. The molecule has 5 fully saturated rings. The standard InChI is InChI=1S/C30H52O26/c31-1-6-11(33)17(39)23(45)30(53-6)56-25-15(37)7(2-32)52-29(24(25)46)50-5-10-14(36)19(41)22(44)28(55-10)49-4-9-13(35)18(40)21(43)27(54-9)48-3-8-12(34)16(38)20(42)26(47)51-8/h6-47H,1-5H2/t6-,7-,8-,9-,10-,11-,12-,13-,14-,15-,16+,17+,18+,19+,20-,21-,22-,23-,24-,25+,26?,27+,28+,29+,30-/m1/s1. The molecule has 26 nitrogen and oxygen atoms in total. The molecule has 0 aromatic heterocycles. The molecule has 25 atom stereocenters. The van der Waals surface area contributed by atoms with Crippen molar-refractivity contribution in [2.75, 3.05) is 33.0 Å². The van der Waals surface area contributed by atoms with Gasteiger partial charge in [0.15, 0.2) is 31.5 Å². The molecule has 56 heavy (non-hydrogen) atoms. The van der Waals surface area contributed by atoms with Gasteiger partial charge in [0.1, 0.15) is 122 Å². The average Bonchev–Trinajstić information content (AvgIpc) is 3.18. The van der Waals surface area contributed by atoms with Crippen molar-refractivity contribution in [2.45, 2.75) is 154 Å². The van der Waals surface area contributed by atoms with Crippen LogP contribution in [0.5, 0.6) is 0 Å². The van der Waals surface area contributed by atoms with Gasteiger partial charge in [-0.3, -0.25) is 0 Å². The van der Waals surface area contributed by atoms with E-state index in [9.17, 15) is 86.8 Å². The molecular formula is C30H52O26. The summed E-state index contributed by atoms with van der Waals surface area (Å²) in [5.74, 6) is 0. The predicted molar refractivity (Wildman–Crippen MR) is 167 cm³/mol. The van der Waals surface area contributed by atoms with Crippen LogP contribution in [0.3, 0.4) is 0 Å². The van der Waals surface area contributed by atoms with E-state index in [0.29, 0.717) is 0 Å². The molecule has 17 N–H and O–H groups in total.